The van der Waals surface area contributed by atoms with Gasteiger partial charge in [0.15, 0.2) is 0 Å². The molecule has 6 nitrogen and oxygen atoms in total. The Morgan fingerprint density at radius 2 is 0.975 bits per heavy atom. The fourth-order valence-corrected chi connectivity index (χ4v) is 5.96. The molecule has 6 rings (SSSR count). The summed E-state index contributed by atoms with van der Waals surface area (Å²) in [6.07, 6.45) is 7.78. The van der Waals surface area contributed by atoms with E-state index in [2.05, 4.69) is 0 Å². The molecule has 0 radical (unpaired) electrons. The van der Waals surface area contributed by atoms with Crippen LogP contribution in [0.15, 0.2) is 73.1 Å². The van der Waals surface area contributed by atoms with Crippen molar-refractivity contribution in [2.45, 2.75) is 39.5 Å². The number of likely N-dealkylation sites (tertiary alicyclic amines) is 2. The highest BCUT2D eigenvalue weighted by Crippen LogP contribution is 2.40. The van der Waals surface area contributed by atoms with E-state index in [1.807, 2.05) is 84.3 Å². The molecule has 2 amide bonds. The summed E-state index contributed by atoms with van der Waals surface area (Å²) in [4.78, 5) is 40.2. The molecule has 4 heterocycles. The van der Waals surface area contributed by atoms with Crippen molar-refractivity contribution in [1.29, 1.82) is 0 Å². The van der Waals surface area contributed by atoms with Crippen LogP contribution in [0.25, 0.3) is 33.6 Å². The van der Waals surface area contributed by atoms with Crippen LogP contribution in [0.2, 0.25) is 0 Å². The zero-order valence-corrected chi connectivity index (χ0v) is 23.2. The van der Waals surface area contributed by atoms with Crippen molar-refractivity contribution in [3.8, 4) is 33.6 Å². The van der Waals surface area contributed by atoms with Crippen LogP contribution in [0.3, 0.4) is 0 Å². The van der Waals surface area contributed by atoms with Crippen molar-refractivity contribution >= 4 is 11.8 Å². The van der Waals surface area contributed by atoms with Crippen LogP contribution in [0.4, 0.5) is 0 Å². The minimum Gasteiger partial charge on any atom is -0.339 e. The van der Waals surface area contributed by atoms with Gasteiger partial charge in [-0.3, -0.25) is 19.6 Å². The predicted octanol–water partition coefficient (Wildman–Crippen LogP) is 6.57. The number of pyridine rings is 2. The van der Waals surface area contributed by atoms with Crippen molar-refractivity contribution in [3.05, 3.63) is 95.3 Å². The standard InChI is InChI=1S/C34H34N4O2/c1-23-9-7-15-35-31(23)29-21-25(33(39)37-17-3-4-18-37)11-13-27(29)28-14-12-26(34(40)38-19-5-6-20-38)22-30(28)32-24(2)10-8-16-36-32/h7-16,21-22H,3-6,17-20H2,1-2H3. The Morgan fingerprint density at radius 1 is 0.575 bits per heavy atom. The van der Waals surface area contributed by atoms with Crippen LogP contribution in [-0.2, 0) is 0 Å². The third-order valence-electron chi connectivity index (χ3n) is 8.14. The van der Waals surface area contributed by atoms with E-state index in [4.69, 9.17) is 9.97 Å². The maximum Gasteiger partial charge on any atom is 0.253 e. The first-order chi connectivity index (χ1) is 19.5. The van der Waals surface area contributed by atoms with E-state index >= 15 is 0 Å². The molecule has 2 saturated heterocycles. The van der Waals surface area contributed by atoms with Gasteiger partial charge in [0, 0.05) is 60.8 Å². The van der Waals surface area contributed by atoms with Gasteiger partial charge in [-0.25, -0.2) is 0 Å². The van der Waals surface area contributed by atoms with Crippen LogP contribution < -0.4 is 0 Å². The van der Waals surface area contributed by atoms with Crippen molar-refractivity contribution in [2.75, 3.05) is 26.2 Å². The van der Waals surface area contributed by atoms with Crippen LogP contribution in [0.5, 0.6) is 0 Å². The molecule has 2 aliphatic heterocycles. The molecule has 40 heavy (non-hydrogen) atoms. The first-order valence-corrected chi connectivity index (χ1v) is 14.2. The normalized spacial score (nSPS) is 15.1. The van der Waals surface area contributed by atoms with Gasteiger partial charge in [0.05, 0.1) is 11.4 Å². The molecule has 0 atom stereocenters. The minimum atomic E-state index is 0.0613. The Bertz CT molecular complexity index is 1460. The number of hydrogen-bond donors (Lipinski definition) is 0. The third-order valence-corrected chi connectivity index (χ3v) is 8.14. The van der Waals surface area contributed by atoms with Crippen molar-refractivity contribution in [3.63, 3.8) is 0 Å². The van der Waals surface area contributed by atoms with Gasteiger partial charge < -0.3 is 9.80 Å². The maximum atomic E-state index is 13.4. The van der Waals surface area contributed by atoms with E-state index in [1.165, 1.54) is 0 Å². The van der Waals surface area contributed by atoms with Gasteiger partial charge in [0.1, 0.15) is 0 Å². The number of hydrogen-bond acceptors (Lipinski definition) is 4. The number of aryl methyl sites for hydroxylation is 2. The average molecular weight is 531 g/mol. The van der Waals surface area contributed by atoms with Crippen LogP contribution >= 0.6 is 0 Å². The highest BCUT2D eigenvalue weighted by atomic mass is 16.2. The van der Waals surface area contributed by atoms with E-state index in [9.17, 15) is 9.59 Å². The second-order valence-corrected chi connectivity index (χ2v) is 10.9. The predicted molar refractivity (Wildman–Crippen MR) is 158 cm³/mol. The quantitative estimate of drug-likeness (QED) is 0.293. The van der Waals surface area contributed by atoms with Crippen molar-refractivity contribution in [1.82, 2.24) is 19.8 Å². The van der Waals surface area contributed by atoms with Gasteiger partial charge >= 0.3 is 0 Å². The van der Waals surface area contributed by atoms with E-state index in [1.54, 1.807) is 12.4 Å². The van der Waals surface area contributed by atoms with Crippen LogP contribution in [0, 0.1) is 13.8 Å². The maximum absolute atomic E-state index is 13.4. The molecule has 2 aromatic heterocycles. The number of carbonyl (C=O) groups excluding carboxylic acids is 2. The third kappa shape index (κ3) is 4.90. The monoisotopic (exact) mass is 530 g/mol. The van der Waals surface area contributed by atoms with E-state index in [0.29, 0.717) is 11.1 Å². The molecule has 2 aliphatic rings. The lowest BCUT2D eigenvalue weighted by atomic mass is 9.88. The molecule has 0 spiro atoms. The first-order valence-electron chi connectivity index (χ1n) is 14.2. The van der Waals surface area contributed by atoms with Gasteiger partial charge in [-0.05, 0) is 98.2 Å². The van der Waals surface area contributed by atoms with Gasteiger partial charge in [-0.15, -0.1) is 0 Å². The molecular formula is C34H34N4O2. The van der Waals surface area contributed by atoms with E-state index in [-0.39, 0.29) is 11.8 Å². The zero-order valence-electron chi connectivity index (χ0n) is 23.2. The van der Waals surface area contributed by atoms with Gasteiger partial charge in [-0.2, -0.15) is 0 Å². The van der Waals surface area contributed by atoms with Gasteiger partial charge in [0.2, 0.25) is 0 Å². The van der Waals surface area contributed by atoms with Crippen molar-refractivity contribution < 1.29 is 9.59 Å². The van der Waals surface area contributed by atoms with E-state index in [0.717, 1.165) is 96.6 Å². The molecule has 2 aromatic carbocycles. The number of benzene rings is 2. The lowest BCUT2D eigenvalue weighted by molar-refractivity contribution is 0.0785. The summed E-state index contributed by atoms with van der Waals surface area (Å²) in [7, 11) is 0. The first kappa shape index (κ1) is 25.9. The topological polar surface area (TPSA) is 66.4 Å². The molecule has 0 bridgehead atoms. The Labute approximate surface area is 235 Å². The van der Waals surface area contributed by atoms with Gasteiger partial charge in [0.25, 0.3) is 11.8 Å². The SMILES string of the molecule is Cc1cccnc1-c1cc(C(=O)N2CCCC2)ccc1-c1ccc(C(=O)N2CCCC2)cc1-c1ncccc1C. The lowest BCUT2D eigenvalue weighted by Gasteiger charge is -2.21. The summed E-state index contributed by atoms with van der Waals surface area (Å²) in [6, 6.07) is 19.8. The number of amides is 2. The summed E-state index contributed by atoms with van der Waals surface area (Å²) in [5.74, 6) is 0.123. The fourth-order valence-electron chi connectivity index (χ4n) is 5.96. The summed E-state index contributed by atoms with van der Waals surface area (Å²) < 4.78 is 0. The summed E-state index contributed by atoms with van der Waals surface area (Å²) in [5.41, 5.74) is 8.80. The zero-order chi connectivity index (χ0) is 27.6. The Hall–Kier alpha value is -4.32. The van der Waals surface area contributed by atoms with Crippen LogP contribution in [-0.4, -0.2) is 57.8 Å². The van der Waals surface area contributed by atoms with Crippen LogP contribution in [0.1, 0.15) is 57.5 Å². The molecule has 0 N–H and O–H groups in total. The molecular weight excluding hydrogens is 496 g/mol. The molecule has 0 aliphatic carbocycles. The van der Waals surface area contributed by atoms with E-state index < -0.39 is 0 Å². The summed E-state index contributed by atoms with van der Waals surface area (Å²) in [5, 5.41) is 0. The Kier molecular flexibility index (Phi) is 7.16. The molecule has 0 unspecified atom stereocenters. The highest BCUT2D eigenvalue weighted by molar-refractivity contribution is 6.01. The molecule has 202 valence electrons. The number of nitrogens with zero attached hydrogens (tertiary/aromatic N) is 4. The minimum absolute atomic E-state index is 0.0613. The fraction of sp³-hybridized carbons (Fsp3) is 0.294. The summed E-state index contributed by atoms with van der Waals surface area (Å²) >= 11 is 0. The highest BCUT2D eigenvalue weighted by Gasteiger charge is 2.25. The second-order valence-electron chi connectivity index (χ2n) is 10.9. The number of aromatic nitrogens is 2. The molecule has 2 fully saturated rings. The summed E-state index contributed by atoms with van der Waals surface area (Å²) in [6.45, 7) is 7.29. The molecule has 6 heteroatoms. The average Bonchev–Trinajstić information content (AvgIpc) is 3.72. The lowest BCUT2D eigenvalue weighted by Crippen LogP contribution is -2.27. The smallest absolute Gasteiger partial charge is 0.253 e. The Morgan fingerprint density at radius 3 is 1.35 bits per heavy atom. The van der Waals surface area contributed by atoms with Gasteiger partial charge in [-0.1, -0.05) is 24.3 Å². The molecule has 0 saturated carbocycles. The van der Waals surface area contributed by atoms with Crippen molar-refractivity contribution in [2.24, 2.45) is 0 Å². The Balaban J connectivity index is 1.54. The second kappa shape index (κ2) is 11.0. The number of carbonyl (C=O) groups is 2. The number of rotatable bonds is 5. The molecule has 4 aromatic rings. The largest absolute Gasteiger partial charge is 0.339 e.